The van der Waals surface area contributed by atoms with Crippen molar-refractivity contribution in [2.75, 3.05) is 6.61 Å². The Labute approximate surface area is 107 Å². The standard InChI is InChI=1S/C13H28O3Si/c1-8-11(10-12(14)15-9-2)16-17(6,7)13(3,4)5/h11H,8-10H2,1-7H3/t11-/m1/s1. The van der Waals surface area contributed by atoms with Crippen LogP contribution in [0.2, 0.25) is 18.1 Å². The van der Waals surface area contributed by atoms with E-state index in [0.29, 0.717) is 13.0 Å². The van der Waals surface area contributed by atoms with Crippen LogP contribution in [0.15, 0.2) is 0 Å². The molecule has 102 valence electrons. The monoisotopic (exact) mass is 260 g/mol. The van der Waals surface area contributed by atoms with E-state index in [0.717, 1.165) is 6.42 Å². The molecule has 0 aliphatic heterocycles. The summed E-state index contributed by atoms with van der Waals surface area (Å²) in [6.07, 6.45) is 1.22. The molecule has 0 spiro atoms. The summed E-state index contributed by atoms with van der Waals surface area (Å²) in [6, 6.07) is 0. The van der Waals surface area contributed by atoms with Crippen molar-refractivity contribution < 1.29 is 14.0 Å². The molecule has 0 fully saturated rings. The highest BCUT2D eigenvalue weighted by atomic mass is 28.4. The Hall–Kier alpha value is -0.353. The summed E-state index contributed by atoms with van der Waals surface area (Å²) < 4.78 is 11.2. The highest BCUT2D eigenvalue weighted by Crippen LogP contribution is 2.37. The topological polar surface area (TPSA) is 35.5 Å². The molecule has 1 atom stereocenters. The molecule has 0 saturated carbocycles. The maximum atomic E-state index is 11.5. The molecular formula is C13H28O3Si. The fourth-order valence-corrected chi connectivity index (χ4v) is 2.71. The molecule has 0 amide bonds. The molecule has 0 unspecified atom stereocenters. The van der Waals surface area contributed by atoms with Gasteiger partial charge in [-0.15, -0.1) is 0 Å². The van der Waals surface area contributed by atoms with Gasteiger partial charge in [-0.25, -0.2) is 0 Å². The van der Waals surface area contributed by atoms with Gasteiger partial charge >= 0.3 is 5.97 Å². The number of ether oxygens (including phenoxy) is 1. The Morgan fingerprint density at radius 1 is 1.24 bits per heavy atom. The minimum atomic E-state index is -1.79. The van der Waals surface area contributed by atoms with E-state index >= 15 is 0 Å². The van der Waals surface area contributed by atoms with Crippen LogP contribution in [0.5, 0.6) is 0 Å². The van der Waals surface area contributed by atoms with Crippen LogP contribution in [0.1, 0.15) is 47.5 Å². The molecule has 0 radical (unpaired) electrons. The maximum absolute atomic E-state index is 11.5. The molecule has 0 N–H and O–H groups in total. The first-order valence-corrected chi connectivity index (χ1v) is 9.38. The fourth-order valence-electron chi connectivity index (χ4n) is 1.27. The molecule has 0 heterocycles. The van der Waals surface area contributed by atoms with Crippen molar-refractivity contribution in [2.45, 2.75) is 71.7 Å². The Kier molecular flexibility index (Phi) is 6.41. The van der Waals surface area contributed by atoms with Crippen LogP contribution < -0.4 is 0 Å². The number of esters is 1. The minimum Gasteiger partial charge on any atom is -0.466 e. The molecule has 0 bridgehead atoms. The van der Waals surface area contributed by atoms with Crippen molar-refractivity contribution >= 4 is 14.3 Å². The van der Waals surface area contributed by atoms with Crippen LogP contribution in [-0.2, 0) is 14.0 Å². The van der Waals surface area contributed by atoms with E-state index in [1.54, 1.807) is 0 Å². The molecule has 0 aromatic carbocycles. The first-order chi connectivity index (χ1) is 7.64. The normalized spacial score (nSPS) is 14.5. The third kappa shape index (κ3) is 5.68. The van der Waals surface area contributed by atoms with Gasteiger partial charge in [0.2, 0.25) is 0 Å². The smallest absolute Gasteiger partial charge is 0.308 e. The van der Waals surface area contributed by atoms with Crippen LogP contribution in [0.4, 0.5) is 0 Å². The lowest BCUT2D eigenvalue weighted by molar-refractivity contribution is -0.145. The van der Waals surface area contributed by atoms with Crippen molar-refractivity contribution in [1.82, 2.24) is 0 Å². The molecule has 0 rings (SSSR count). The molecule has 4 heteroatoms. The first kappa shape index (κ1) is 16.6. The van der Waals surface area contributed by atoms with Gasteiger partial charge in [0.15, 0.2) is 8.32 Å². The average molecular weight is 260 g/mol. The lowest BCUT2D eigenvalue weighted by atomic mass is 10.2. The van der Waals surface area contributed by atoms with Gasteiger partial charge in [0.25, 0.3) is 0 Å². The quantitative estimate of drug-likeness (QED) is 0.539. The van der Waals surface area contributed by atoms with E-state index in [9.17, 15) is 4.79 Å². The fraction of sp³-hybridized carbons (Fsp3) is 0.923. The zero-order chi connectivity index (χ0) is 13.7. The van der Waals surface area contributed by atoms with Crippen molar-refractivity contribution in [3.8, 4) is 0 Å². The van der Waals surface area contributed by atoms with Crippen LogP contribution in [0.25, 0.3) is 0 Å². The molecular weight excluding hydrogens is 232 g/mol. The highest BCUT2D eigenvalue weighted by Gasteiger charge is 2.39. The molecule has 0 aromatic heterocycles. The lowest BCUT2D eigenvalue weighted by Gasteiger charge is -2.39. The van der Waals surface area contributed by atoms with E-state index in [1.165, 1.54) is 0 Å². The second-order valence-corrected chi connectivity index (χ2v) is 10.7. The van der Waals surface area contributed by atoms with E-state index in [2.05, 4.69) is 40.8 Å². The van der Waals surface area contributed by atoms with Gasteiger partial charge in [-0.1, -0.05) is 27.7 Å². The average Bonchev–Trinajstić information content (AvgIpc) is 2.14. The van der Waals surface area contributed by atoms with Gasteiger partial charge in [-0.05, 0) is 31.5 Å². The Morgan fingerprint density at radius 2 is 1.76 bits per heavy atom. The van der Waals surface area contributed by atoms with Gasteiger partial charge in [-0.2, -0.15) is 0 Å². The van der Waals surface area contributed by atoms with Gasteiger partial charge in [-0.3, -0.25) is 4.79 Å². The van der Waals surface area contributed by atoms with Gasteiger partial charge in [0, 0.05) is 0 Å². The molecule has 3 nitrogen and oxygen atoms in total. The summed E-state index contributed by atoms with van der Waals surface area (Å²) in [6.45, 7) is 15.4. The van der Waals surface area contributed by atoms with Crippen molar-refractivity contribution in [1.29, 1.82) is 0 Å². The zero-order valence-electron chi connectivity index (χ0n) is 12.4. The van der Waals surface area contributed by atoms with Crippen molar-refractivity contribution in [3.63, 3.8) is 0 Å². The Morgan fingerprint density at radius 3 is 2.12 bits per heavy atom. The van der Waals surface area contributed by atoms with E-state index in [1.807, 2.05) is 6.92 Å². The maximum Gasteiger partial charge on any atom is 0.308 e. The third-order valence-corrected chi connectivity index (χ3v) is 7.96. The zero-order valence-corrected chi connectivity index (χ0v) is 13.4. The van der Waals surface area contributed by atoms with Crippen LogP contribution in [0, 0.1) is 0 Å². The predicted molar refractivity (Wildman–Crippen MR) is 73.6 cm³/mol. The van der Waals surface area contributed by atoms with Crippen molar-refractivity contribution in [3.05, 3.63) is 0 Å². The molecule has 0 aliphatic carbocycles. The molecule has 0 aliphatic rings. The number of carbonyl (C=O) groups is 1. The predicted octanol–water partition coefficient (Wildman–Crippen LogP) is 3.74. The second kappa shape index (κ2) is 6.54. The number of hydrogen-bond acceptors (Lipinski definition) is 3. The summed E-state index contributed by atoms with van der Waals surface area (Å²) >= 11 is 0. The number of rotatable bonds is 6. The largest absolute Gasteiger partial charge is 0.466 e. The Balaban J connectivity index is 4.45. The van der Waals surface area contributed by atoms with Crippen LogP contribution in [0.3, 0.4) is 0 Å². The number of carbonyl (C=O) groups excluding carboxylic acids is 1. The highest BCUT2D eigenvalue weighted by molar-refractivity contribution is 6.74. The van der Waals surface area contributed by atoms with E-state index in [4.69, 9.17) is 9.16 Å². The number of hydrogen-bond donors (Lipinski definition) is 0. The third-order valence-electron chi connectivity index (χ3n) is 3.42. The second-order valence-electron chi connectivity index (χ2n) is 5.92. The van der Waals surface area contributed by atoms with E-state index in [-0.39, 0.29) is 17.1 Å². The van der Waals surface area contributed by atoms with Crippen LogP contribution in [-0.4, -0.2) is 27.0 Å². The summed E-state index contributed by atoms with van der Waals surface area (Å²) in [5.74, 6) is -0.155. The van der Waals surface area contributed by atoms with Crippen LogP contribution >= 0.6 is 0 Å². The first-order valence-electron chi connectivity index (χ1n) is 6.47. The van der Waals surface area contributed by atoms with E-state index < -0.39 is 8.32 Å². The molecule has 0 saturated heterocycles. The van der Waals surface area contributed by atoms with Gasteiger partial charge < -0.3 is 9.16 Å². The molecule has 17 heavy (non-hydrogen) atoms. The summed E-state index contributed by atoms with van der Waals surface area (Å²) in [7, 11) is -1.79. The summed E-state index contributed by atoms with van der Waals surface area (Å²) in [5, 5.41) is 0.176. The SMILES string of the molecule is CCOC(=O)C[C@@H](CC)O[Si](C)(C)C(C)(C)C. The van der Waals surface area contributed by atoms with Gasteiger partial charge in [0.1, 0.15) is 0 Å². The minimum absolute atomic E-state index is 0.00468. The molecule has 0 aromatic rings. The summed E-state index contributed by atoms with van der Waals surface area (Å²) in [5.41, 5.74) is 0. The Bertz CT molecular complexity index is 244. The lowest BCUT2D eigenvalue weighted by Crippen LogP contribution is -2.44. The van der Waals surface area contributed by atoms with Crippen molar-refractivity contribution in [2.24, 2.45) is 0 Å². The van der Waals surface area contributed by atoms with Gasteiger partial charge in [0.05, 0.1) is 19.1 Å². The summed E-state index contributed by atoms with van der Waals surface area (Å²) in [4.78, 5) is 11.5.